The van der Waals surface area contributed by atoms with Gasteiger partial charge in [-0.25, -0.2) is 0 Å². The number of benzene rings is 1. The zero-order valence-electron chi connectivity index (χ0n) is 15.2. The van der Waals surface area contributed by atoms with E-state index in [9.17, 15) is 9.59 Å². The third-order valence-electron chi connectivity index (χ3n) is 7.30. The Morgan fingerprint density at radius 2 is 2.15 bits per heavy atom. The van der Waals surface area contributed by atoms with E-state index < -0.39 is 5.91 Å². The molecule has 3 atom stereocenters. The average Bonchev–Trinajstić information content (AvgIpc) is 3.21. The Morgan fingerprint density at radius 1 is 1.33 bits per heavy atom. The first-order valence-electron chi connectivity index (χ1n) is 9.74. The van der Waals surface area contributed by atoms with Crippen molar-refractivity contribution in [2.45, 2.75) is 43.6 Å². The molecule has 1 fully saturated rings. The van der Waals surface area contributed by atoms with Gasteiger partial charge in [-0.3, -0.25) is 14.2 Å². The molecule has 0 unspecified atom stereocenters. The molecule has 4 heterocycles. The van der Waals surface area contributed by atoms with E-state index in [0.717, 1.165) is 42.8 Å². The molecule has 0 saturated carbocycles. The standard InChI is InChI=1S/C22H21N3O2/c1-2-12-11-24-8-7-22-16-5-3-4-6-17(16)25-19(22)14(13(12)10-18(22)24)9-15(20(23)26)21(25)27/h3-6,9,11,13,18H,2,7-8,10H2,1H3,(H2,23,26)/t13-,18-,22+/m0/s1. The normalized spacial score (nSPS) is 28.6. The molecule has 6 rings (SSSR count). The fraction of sp³-hybridized carbons (Fsp3) is 0.364. The number of fused-ring (bicyclic) bond motifs is 4. The van der Waals surface area contributed by atoms with Crippen molar-refractivity contribution >= 4 is 5.91 Å². The lowest BCUT2D eigenvalue weighted by Crippen LogP contribution is -2.49. The number of hydrogen-bond acceptors (Lipinski definition) is 3. The molecule has 136 valence electrons. The lowest BCUT2D eigenvalue weighted by molar-refractivity contribution is 0.0998. The number of pyridine rings is 1. The zero-order chi connectivity index (χ0) is 18.5. The van der Waals surface area contributed by atoms with Crippen molar-refractivity contribution < 1.29 is 4.79 Å². The molecular formula is C22H21N3O2. The van der Waals surface area contributed by atoms with Crippen LogP contribution in [0.25, 0.3) is 5.69 Å². The number of nitrogens with zero attached hydrogens (tertiary/aromatic N) is 2. The maximum absolute atomic E-state index is 13.3. The highest BCUT2D eigenvalue weighted by Gasteiger charge is 2.60. The fourth-order valence-electron chi connectivity index (χ4n) is 6.27. The first-order chi connectivity index (χ1) is 13.1. The lowest BCUT2D eigenvalue weighted by atomic mass is 9.61. The van der Waals surface area contributed by atoms with Gasteiger partial charge in [0.15, 0.2) is 0 Å². The summed E-state index contributed by atoms with van der Waals surface area (Å²) in [6, 6.07) is 10.4. The third-order valence-corrected chi connectivity index (χ3v) is 7.30. The van der Waals surface area contributed by atoms with E-state index in [1.807, 2.05) is 22.8 Å². The summed E-state index contributed by atoms with van der Waals surface area (Å²) in [5, 5.41) is 0. The summed E-state index contributed by atoms with van der Waals surface area (Å²) in [5.74, 6) is -0.380. The van der Waals surface area contributed by atoms with Gasteiger partial charge in [0.2, 0.25) is 0 Å². The van der Waals surface area contributed by atoms with Crippen molar-refractivity contribution in [2.24, 2.45) is 5.73 Å². The maximum atomic E-state index is 13.3. The predicted molar refractivity (Wildman–Crippen MR) is 102 cm³/mol. The highest BCUT2D eigenvalue weighted by molar-refractivity contribution is 5.93. The zero-order valence-corrected chi connectivity index (χ0v) is 15.2. The van der Waals surface area contributed by atoms with Crippen LogP contribution in [-0.4, -0.2) is 28.0 Å². The largest absolute Gasteiger partial charge is 0.373 e. The predicted octanol–water partition coefficient (Wildman–Crippen LogP) is 2.41. The number of rotatable bonds is 2. The molecule has 1 aromatic carbocycles. The number of hydrogen-bond donors (Lipinski definition) is 1. The van der Waals surface area contributed by atoms with Gasteiger partial charge >= 0.3 is 0 Å². The van der Waals surface area contributed by atoms with Crippen molar-refractivity contribution in [3.8, 4) is 5.69 Å². The van der Waals surface area contributed by atoms with Gasteiger partial charge in [-0.1, -0.05) is 25.1 Å². The molecule has 1 saturated heterocycles. The van der Waals surface area contributed by atoms with E-state index in [-0.39, 0.29) is 22.5 Å². The van der Waals surface area contributed by atoms with Gasteiger partial charge in [-0.05, 0) is 54.3 Å². The van der Waals surface area contributed by atoms with Gasteiger partial charge in [-0.2, -0.15) is 0 Å². The van der Waals surface area contributed by atoms with Crippen LogP contribution in [0.1, 0.15) is 59.3 Å². The second-order valence-corrected chi connectivity index (χ2v) is 8.20. The molecular weight excluding hydrogens is 338 g/mol. The fourth-order valence-corrected chi connectivity index (χ4v) is 6.27. The summed E-state index contributed by atoms with van der Waals surface area (Å²) in [7, 11) is 0. The molecule has 1 aliphatic carbocycles. The molecule has 2 bridgehead atoms. The minimum absolute atomic E-state index is 0.106. The highest BCUT2D eigenvalue weighted by Crippen LogP contribution is 2.61. The van der Waals surface area contributed by atoms with Crippen LogP contribution in [0.2, 0.25) is 0 Å². The number of aromatic nitrogens is 1. The quantitative estimate of drug-likeness (QED) is 0.895. The lowest BCUT2D eigenvalue weighted by Gasteiger charge is -2.47. The first kappa shape index (κ1) is 15.3. The minimum atomic E-state index is -0.641. The van der Waals surface area contributed by atoms with Gasteiger partial charge in [-0.15, -0.1) is 0 Å². The van der Waals surface area contributed by atoms with Crippen molar-refractivity contribution in [2.75, 3.05) is 6.54 Å². The molecule has 5 heteroatoms. The highest BCUT2D eigenvalue weighted by atomic mass is 16.2. The van der Waals surface area contributed by atoms with Gasteiger partial charge < -0.3 is 10.6 Å². The third kappa shape index (κ3) is 1.54. The molecule has 27 heavy (non-hydrogen) atoms. The number of nitrogens with two attached hydrogens (primary N) is 1. The molecule has 4 aliphatic rings. The molecule has 1 aromatic heterocycles. The summed E-state index contributed by atoms with van der Waals surface area (Å²) in [6.45, 7) is 3.18. The molecule has 3 aliphatic heterocycles. The van der Waals surface area contributed by atoms with Crippen LogP contribution < -0.4 is 11.3 Å². The van der Waals surface area contributed by atoms with Crippen LogP contribution in [-0.2, 0) is 5.41 Å². The smallest absolute Gasteiger partial charge is 0.268 e. The number of amides is 1. The molecule has 2 N–H and O–H groups in total. The van der Waals surface area contributed by atoms with Crippen molar-refractivity contribution in [1.82, 2.24) is 9.47 Å². The topological polar surface area (TPSA) is 68.3 Å². The Kier molecular flexibility index (Phi) is 2.66. The number of para-hydroxylation sites is 1. The summed E-state index contributed by atoms with van der Waals surface area (Å²) >= 11 is 0. The molecule has 1 amide bonds. The monoisotopic (exact) mass is 359 g/mol. The Bertz CT molecular complexity index is 1130. The van der Waals surface area contributed by atoms with Crippen LogP contribution >= 0.6 is 0 Å². The second-order valence-electron chi connectivity index (χ2n) is 8.20. The van der Waals surface area contributed by atoms with E-state index in [0.29, 0.717) is 6.04 Å². The van der Waals surface area contributed by atoms with E-state index in [1.165, 1.54) is 11.1 Å². The number of primary amides is 1. The first-order valence-corrected chi connectivity index (χ1v) is 9.74. The summed E-state index contributed by atoms with van der Waals surface area (Å²) in [5.41, 5.74) is 11.1. The summed E-state index contributed by atoms with van der Waals surface area (Å²) in [6.07, 6.45) is 5.35. The van der Waals surface area contributed by atoms with E-state index in [4.69, 9.17) is 5.73 Å². The Labute approximate surface area is 157 Å². The average molecular weight is 359 g/mol. The second kappa shape index (κ2) is 4.71. The molecule has 2 aromatic rings. The Balaban J connectivity index is 1.81. The van der Waals surface area contributed by atoms with E-state index in [2.05, 4.69) is 30.2 Å². The van der Waals surface area contributed by atoms with Crippen LogP contribution in [0.5, 0.6) is 0 Å². The molecule has 1 spiro atoms. The van der Waals surface area contributed by atoms with Crippen LogP contribution in [0.3, 0.4) is 0 Å². The minimum Gasteiger partial charge on any atom is -0.373 e. The van der Waals surface area contributed by atoms with Gasteiger partial charge in [0.1, 0.15) is 5.56 Å². The van der Waals surface area contributed by atoms with Gasteiger partial charge in [0.05, 0.1) is 11.1 Å². The number of carbonyl (C=O) groups is 1. The van der Waals surface area contributed by atoms with Crippen LogP contribution in [0, 0.1) is 0 Å². The maximum Gasteiger partial charge on any atom is 0.268 e. The van der Waals surface area contributed by atoms with E-state index >= 15 is 0 Å². The summed E-state index contributed by atoms with van der Waals surface area (Å²) < 4.78 is 1.81. The van der Waals surface area contributed by atoms with Crippen molar-refractivity contribution in [3.05, 3.63) is 74.8 Å². The van der Waals surface area contributed by atoms with Crippen LogP contribution in [0.15, 0.2) is 46.9 Å². The number of carbonyl (C=O) groups excluding carboxylic acids is 1. The summed E-state index contributed by atoms with van der Waals surface area (Å²) in [4.78, 5) is 27.8. The van der Waals surface area contributed by atoms with Crippen molar-refractivity contribution in [3.63, 3.8) is 0 Å². The van der Waals surface area contributed by atoms with Gasteiger partial charge in [0.25, 0.3) is 11.5 Å². The SMILES string of the molecule is CCC1=CN2CC[C@]34c5ccccc5-n5c3c(cc(C(N)=O)c5=O)[C@H]1C[C@H]24. The van der Waals surface area contributed by atoms with Crippen molar-refractivity contribution in [1.29, 1.82) is 0 Å². The Morgan fingerprint density at radius 3 is 2.93 bits per heavy atom. The van der Waals surface area contributed by atoms with Crippen LogP contribution in [0.4, 0.5) is 0 Å². The Hall–Kier alpha value is -2.82. The van der Waals surface area contributed by atoms with E-state index in [1.54, 1.807) is 0 Å². The van der Waals surface area contributed by atoms with Gasteiger partial charge in [0, 0.05) is 24.2 Å². The molecule has 5 nitrogen and oxygen atoms in total. The molecule has 0 radical (unpaired) electrons. The number of allylic oxidation sites excluding steroid dienone is 1.